The summed E-state index contributed by atoms with van der Waals surface area (Å²) in [7, 11) is -0.782. The Morgan fingerprint density at radius 1 is 1.25 bits per heavy atom. The van der Waals surface area contributed by atoms with E-state index in [1.807, 2.05) is 0 Å². The van der Waals surface area contributed by atoms with Crippen molar-refractivity contribution in [1.82, 2.24) is 4.98 Å². The van der Waals surface area contributed by atoms with Gasteiger partial charge in [0.15, 0.2) is 0 Å². The number of nitrogen functional groups attached to an aromatic ring is 1. The molecular weight excluding hydrogens is 278 g/mol. The second-order valence-electron chi connectivity index (χ2n) is 4.06. The fraction of sp³-hybridized carbons (Fsp3) is 0.154. The minimum absolute atomic E-state index is 0.0229. The zero-order chi connectivity index (χ0) is 14.8. The van der Waals surface area contributed by atoms with E-state index in [4.69, 9.17) is 10.5 Å². The molecule has 7 heteroatoms. The van der Waals surface area contributed by atoms with Gasteiger partial charge in [-0.1, -0.05) is 6.07 Å². The smallest absolute Gasteiger partial charge is 0.267 e. The predicted molar refractivity (Wildman–Crippen MR) is 77.2 cm³/mol. The molecule has 2 rings (SSSR count). The zero-order valence-electron chi connectivity index (χ0n) is 11.1. The van der Waals surface area contributed by atoms with Crippen LogP contribution in [0.25, 0.3) is 0 Å². The summed E-state index contributed by atoms with van der Waals surface area (Å²) in [6, 6.07) is 9.71. The van der Waals surface area contributed by atoms with Crippen LogP contribution in [0.15, 0.2) is 47.5 Å². The molecule has 0 unspecified atom stereocenters. The summed E-state index contributed by atoms with van der Waals surface area (Å²) < 4.78 is 31.3. The molecule has 0 aliphatic rings. The van der Waals surface area contributed by atoms with E-state index in [9.17, 15) is 8.42 Å². The van der Waals surface area contributed by atoms with E-state index in [1.54, 1.807) is 24.3 Å². The van der Waals surface area contributed by atoms with Crippen LogP contribution in [0.1, 0.15) is 0 Å². The lowest BCUT2D eigenvalue weighted by Crippen LogP contribution is -2.27. The Morgan fingerprint density at radius 3 is 2.65 bits per heavy atom. The molecule has 0 amide bonds. The Morgan fingerprint density at radius 2 is 2.00 bits per heavy atom. The quantitative estimate of drug-likeness (QED) is 0.923. The van der Waals surface area contributed by atoms with Crippen LogP contribution in [0.3, 0.4) is 0 Å². The number of benzene rings is 1. The SMILES string of the molecule is COc1cccc(N(C)S(=O)(=O)c2cccnc2N)c1. The third-order valence-corrected chi connectivity index (χ3v) is 4.69. The maximum Gasteiger partial charge on any atom is 0.267 e. The minimum Gasteiger partial charge on any atom is -0.497 e. The molecule has 0 aliphatic carbocycles. The molecule has 20 heavy (non-hydrogen) atoms. The molecule has 0 bridgehead atoms. The van der Waals surface area contributed by atoms with Gasteiger partial charge in [-0.2, -0.15) is 0 Å². The number of pyridine rings is 1. The van der Waals surface area contributed by atoms with Crippen LogP contribution < -0.4 is 14.8 Å². The van der Waals surface area contributed by atoms with Gasteiger partial charge in [0.2, 0.25) is 0 Å². The fourth-order valence-electron chi connectivity index (χ4n) is 1.71. The second kappa shape index (κ2) is 5.38. The number of hydrogen-bond donors (Lipinski definition) is 1. The number of hydrogen-bond acceptors (Lipinski definition) is 5. The highest BCUT2D eigenvalue weighted by atomic mass is 32.2. The van der Waals surface area contributed by atoms with Crippen LogP contribution in [0, 0.1) is 0 Å². The normalized spacial score (nSPS) is 11.1. The molecule has 0 radical (unpaired) electrons. The number of rotatable bonds is 4. The molecule has 0 atom stereocenters. The summed E-state index contributed by atoms with van der Waals surface area (Å²) in [6.45, 7) is 0. The number of nitrogens with zero attached hydrogens (tertiary/aromatic N) is 2. The van der Waals surface area contributed by atoms with Crippen LogP contribution in [0.5, 0.6) is 5.75 Å². The van der Waals surface area contributed by atoms with Crippen molar-refractivity contribution in [3.05, 3.63) is 42.6 Å². The molecular formula is C13H15N3O3S. The molecule has 106 valence electrons. The first-order chi connectivity index (χ1) is 9.46. The minimum atomic E-state index is -3.76. The Kier molecular flexibility index (Phi) is 3.80. The average Bonchev–Trinajstić information content (AvgIpc) is 2.46. The third-order valence-electron chi connectivity index (χ3n) is 2.86. The maximum absolute atomic E-state index is 12.5. The molecule has 0 fully saturated rings. The van der Waals surface area contributed by atoms with Gasteiger partial charge in [0.05, 0.1) is 12.8 Å². The summed E-state index contributed by atoms with van der Waals surface area (Å²) >= 11 is 0. The van der Waals surface area contributed by atoms with Crippen LogP contribution in [0.4, 0.5) is 11.5 Å². The average molecular weight is 293 g/mol. The number of nitrogens with two attached hydrogens (primary N) is 1. The van der Waals surface area contributed by atoms with E-state index in [-0.39, 0.29) is 10.7 Å². The summed E-state index contributed by atoms with van der Waals surface area (Å²) in [4.78, 5) is 3.78. The monoisotopic (exact) mass is 293 g/mol. The number of methoxy groups -OCH3 is 1. The number of sulfonamides is 1. The highest BCUT2D eigenvalue weighted by Crippen LogP contribution is 2.26. The molecule has 2 aromatic rings. The number of aromatic nitrogens is 1. The molecule has 0 aliphatic heterocycles. The van der Waals surface area contributed by atoms with Gasteiger partial charge in [-0.25, -0.2) is 13.4 Å². The summed E-state index contributed by atoms with van der Waals surface area (Å²) in [5.74, 6) is 0.547. The van der Waals surface area contributed by atoms with Gasteiger partial charge < -0.3 is 10.5 Å². The molecule has 2 N–H and O–H groups in total. The van der Waals surface area contributed by atoms with Gasteiger partial charge >= 0.3 is 0 Å². The van der Waals surface area contributed by atoms with Crippen molar-refractivity contribution in [3.8, 4) is 5.75 Å². The van der Waals surface area contributed by atoms with E-state index in [2.05, 4.69) is 4.98 Å². The van der Waals surface area contributed by atoms with Crippen molar-refractivity contribution in [2.45, 2.75) is 4.90 Å². The Balaban J connectivity index is 2.46. The Labute approximate surface area is 117 Å². The van der Waals surface area contributed by atoms with Gasteiger partial charge in [-0.15, -0.1) is 0 Å². The molecule has 0 saturated carbocycles. The first-order valence-electron chi connectivity index (χ1n) is 5.80. The molecule has 0 saturated heterocycles. The van der Waals surface area contributed by atoms with Crippen LogP contribution in [-0.4, -0.2) is 27.6 Å². The largest absolute Gasteiger partial charge is 0.497 e. The van der Waals surface area contributed by atoms with Crippen molar-refractivity contribution in [2.75, 3.05) is 24.2 Å². The lowest BCUT2D eigenvalue weighted by molar-refractivity contribution is 0.415. The van der Waals surface area contributed by atoms with E-state index in [0.29, 0.717) is 11.4 Å². The van der Waals surface area contributed by atoms with E-state index < -0.39 is 10.0 Å². The van der Waals surface area contributed by atoms with Crippen molar-refractivity contribution in [1.29, 1.82) is 0 Å². The molecule has 1 heterocycles. The third kappa shape index (κ3) is 2.53. The summed E-state index contributed by atoms with van der Waals surface area (Å²) in [6.07, 6.45) is 1.44. The van der Waals surface area contributed by atoms with Gasteiger partial charge in [-0.05, 0) is 24.3 Å². The summed E-state index contributed by atoms with van der Waals surface area (Å²) in [5, 5.41) is 0. The molecule has 1 aromatic heterocycles. The van der Waals surface area contributed by atoms with Gasteiger partial charge in [0.1, 0.15) is 16.5 Å². The van der Waals surface area contributed by atoms with Crippen LogP contribution >= 0.6 is 0 Å². The topological polar surface area (TPSA) is 85.5 Å². The van der Waals surface area contributed by atoms with Crippen molar-refractivity contribution in [3.63, 3.8) is 0 Å². The van der Waals surface area contributed by atoms with E-state index in [1.165, 1.54) is 32.5 Å². The van der Waals surface area contributed by atoms with Crippen molar-refractivity contribution in [2.24, 2.45) is 0 Å². The van der Waals surface area contributed by atoms with Crippen LogP contribution in [-0.2, 0) is 10.0 Å². The lowest BCUT2D eigenvalue weighted by atomic mass is 10.3. The van der Waals surface area contributed by atoms with Gasteiger partial charge in [-0.3, -0.25) is 4.31 Å². The van der Waals surface area contributed by atoms with Crippen molar-refractivity contribution >= 4 is 21.5 Å². The van der Waals surface area contributed by atoms with E-state index >= 15 is 0 Å². The number of anilines is 2. The zero-order valence-corrected chi connectivity index (χ0v) is 12.0. The summed E-state index contributed by atoms with van der Waals surface area (Å²) in [5.41, 5.74) is 6.12. The molecule has 1 aromatic carbocycles. The maximum atomic E-state index is 12.5. The predicted octanol–water partition coefficient (Wildman–Crippen LogP) is 1.50. The number of ether oxygens (including phenoxy) is 1. The molecule has 6 nitrogen and oxygen atoms in total. The van der Waals surface area contributed by atoms with Crippen LogP contribution in [0.2, 0.25) is 0 Å². The Hall–Kier alpha value is -2.28. The second-order valence-corrected chi connectivity index (χ2v) is 6.00. The highest BCUT2D eigenvalue weighted by Gasteiger charge is 2.24. The van der Waals surface area contributed by atoms with E-state index in [0.717, 1.165) is 4.31 Å². The standard InChI is InChI=1S/C13H15N3O3S/c1-16(10-5-3-6-11(9-10)19-2)20(17,18)12-7-4-8-15-13(12)14/h3-9H,1-2H3,(H2,14,15). The van der Waals surface area contributed by atoms with Gasteiger partial charge in [0.25, 0.3) is 10.0 Å². The lowest BCUT2D eigenvalue weighted by Gasteiger charge is -2.20. The fourth-order valence-corrected chi connectivity index (χ4v) is 2.97. The highest BCUT2D eigenvalue weighted by molar-refractivity contribution is 7.93. The first kappa shape index (κ1) is 14.1. The Bertz CT molecular complexity index is 716. The molecule has 0 spiro atoms. The van der Waals surface area contributed by atoms with Gasteiger partial charge in [0, 0.05) is 19.3 Å². The van der Waals surface area contributed by atoms with Crippen molar-refractivity contribution < 1.29 is 13.2 Å². The first-order valence-corrected chi connectivity index (χ1v) is 7.24.